The number of benzene rings is 5. The minimum atomic E-state index is 0.634. The van der Waals surface area contributed by atoms with Crippen molar-refractivity contribution in [2.45, 2.75) is 0 Å². The molecule has 4 heteroatoms. The van der Waals surface area contributed by atoms with Crippen molar-refractivity contribution in [2.75, 3.05) is 0 Å². The van der Waals surface area contributed by atoms with Gasteiger partial charge >= 0.3 is 0 Å². The number of nitrogens with zero attached hydrogens (tertiary/aromatic N) is 4. The van der Waals surface area contributed by atoms with Crippen LogP contribution in [0.1, 0.15) is 0 Å². The van der Waals surface area contributed by atoms with Crippen molar-refractivity contribution in [3.8, 4) is 67.5 Å². The summed E-state index contributed by atoms with van der Waals surface area (Å²) in [6.07, 6.45) is 3.68. The first-order chi connectivity index (χ1) is 20.8. The fourth-order valence-corrected chi connectivity index (χ4v) is 5.07. The van der Waals surface area contributed by atoms with Gasteiger partial charge in [0.05, 0.1) is 0 Å². The van der Waals surface area contributed by atoms with Gasteiger partial charge in [-0.05, 0) is 52.1 Å². The molecule has 5 aromatic carbocycles. The molecular weight excluding hydrogens is 512 g/mol. The van der Waals surface area contributed by atoms with Crippen molar-refractivity contribution >= 4 is 0 Å². The monoisotopic (exact) mass is 538 g/mol. The summed E-state index contributed by atoms with van der Waals surface area (Å²) in [6, 6.07) is 49.7. The Morgan fingerprint density at radius 3 is 1.19 bits per heavy atom. The quantitative estimate of drug-likeness (QED) is 0.212. The van der Waals surface area contributed by atoms with E-state index in [4.69, 9.17) is 15.0 Å². The highest BCUT2D eigenvalue weighted by Crippen LogP contribution is 2.31. The van der Waals surface area contributed by atoms with Gasteiger partial charge in [-0.15, -0.1) is 0 Å². The summed E-state index contributed by atoms with van der Waals surface area (Å²) >= 11 is 0. The van der Waals surface area contributed by atoms with Crippen LogP contribution in [0.4, 0.5) is 0 Å². The molecule has 0 fully saturated rings. The van der Waals surface area contributed by atoms with Gasteiger partial charge in [-0.3, -0.25) is 4.98 Å². The molecule has 2 aromatic heterocycles. The molecule has 42 heavy (non-hydrogen) atoms. The van der Waals surface area contributed by atoms with E-state index < -0.39 is 0 Å². The third-order valence-electron chi connectivity index (χ3n) is 7.21. The van der Waals surface area contributed by atoms with Gasteiger partial charge in [-0.25, -0.2) is 15.0 Å². The van der Waals surface area contributed by atoms with Gasteiger partial charge < -0.3 is 0 Å². The maximum atomic E-state index is 5.00. The van der Waals surface area contributed by atoms with Crippen LogP contribution in [0, 0.1) is 0 Å². The highest BCUT2D eigenvalue weighted by molar-refractivity contribution is 5.77. The molecule has 0 bridgehead atoms. The summed E-state index contributed by atoms with van der Waals surface area (Å²) in [5.41, 5.74) is 9.50. The Kier molecular flexibility index (Phi) is 6.85. The highest BCUT2D eigenvalue weighted by Gasteiger charge is 2.14. The maximum Gasteiger partial charge on any atom is 0.164 e. The zero-order valence-electron chi connectivity index (χ0n) is 22.8. The SMILES string of the molecule is c1ccc(-c2cccc(-c3nc(-c4ccccc4)nc(-c4cccc(-c5cccc(-c6cccnc6)c5)c4)n3)c2)cc1. The normalized spacial score (nSPS) is 10.9. The van der Waals surface area contributed by atoms with Gasteiger partial charge in [-0.1, -0.05) is 121 Å². The Morgan fingerprint density at radius 2 is 0.667 bits per heavy atom. The fourth-order valence-electron chi connectivity index (χ4n) is 5.07. The summed E-state index contributed by atoms with van der Waals surface area (Å²) < 4.78 is 0. The fraction of sp³-hybridized carbons (Fsp3) is 0. The summed E-state index contributed by atoms with van der Waals surface area (Å²) in [4.78, 5) is 19.2. The molecule has 7 aromatic rings. The number of aromatic nitrogens is 4. The molecule has 0 aliphatic heterocycles. The maximum absolute atomic E-state index is 5.00. The molecule has 0 N–H and O–H groups in total. The molecule has 0 aliphatic carbocycles. The van der Waals surface area contributed by atoms with Crippen molar-refractivity contribution in [3.63, 3.8) is 0 Å². The van der Waals surface area contributed by atoms with E-state index in [1.807, 2.05) is 48.7 Å². The van der Waals surface area contributed by atoms with Crippen LogP contribution in [0.2, 0.25) is 0 Å². The summed E-state index contributed by atoms with van der Waals surface area (Å²) in [7, 11) is 0. The summed E-state index contributed by atoms with van der Waals surface area (Å²) in [5.74, 6) is 1.92. The van der Waals surface area contributed by atoms with Crippen LogP contribution in [0.15, 0.2) is 158 Å². The molecule has 0 aliphatic rings. The minimum Gasteiger partial charge on any atom is -0.264 e. The number of rotatable bonds is 6. The van der Waals surface area contributed by atoms with Crippen LogP contribution in [0.3, 0.4) is 0 Å². The van der Waals surface area contributed by atoms with E-state index in [1.54, 1.807) is 6.20 Å². The summed E-state index contributed by atoms with van der Waals surface area (Å²) in [6.45, 7) is 0. The van der Waals surface area contributed by atoms with Crippen LogP contribution in [0.25, 0.3) is 67.5 Å². The lowest BCUT2D eigenvalue weighted by molar-refractivity contribution is 1.07. The smallest absolute Gasteiger partial charge is 0.164 e. The van der Waals surface area contributed by atoms with E-state index in [2.05, 4.69) is 108 Å². The Bertz CT molecular complexity index is 1970. The second-order valence-corrected chi connectivity index (χ2v) is 10.0. The van der Waals surface area contributed by atoms with Crippen LogP contribution in [-0.4, -0.2) is 19.9 Å². The zero-order valence-corrected chi connectivity index (χ0v) is 22.8. The van der Waals surface area contributed by atoms with Crippen LogP contribution in [0.5, 0.6) is 0 Å². The van der Waals surface area contributed by atoms with Crippen LogP contribution < -0.4 is 0 Å². The number of pyridine rings is 1. The molecule has 2 heterocycles. The third-order valence-corrected chi connectivity index (χ3v) is 7.21. The van der Waals surface area contributed by atoms with E-state index in [9.17, 15) is 0 Å². The van der Waals surface area contributed by atoms with E-state index >= 15 is 0 Å². The van der Waals surface area contributed by atoms with E-state index in [0.717, 1.165) is 50.1 Å². The summed E-state index contributed by atoms with van der Waals surface area (Å²) in [5, 5.41) is 0. The van der Waals surface area contributed by atoms with Gasteiger partial charge in [0.25, 0.3) is 0 Å². The topological polar surface area (TPSA) is 51.6 Å². The van der Waals surface area contributed by atoms with Crippen molar-refractivity contribution in [1.82, 2.24) is 19.9 Å². The Hall–Kier alpha value is -5.74. The Balaban J connectivity index is 1.33. The zero-order chi connectivity index (χ0) is 28.1. The molecule has 0 saturated heterocycles. The molecule has 0 amide bonds. The van der Waals surface area contributed by atoms with Crippen molar-refractivity contribution < 1.29 is 0 Å². The largest absolute Gasteiger partial charge is 0.264 e. The first-order valence-corrected chi connectivity index (χ1v) is 13.9. The lowest BCUT2D eigenvalue weighted by atomic mass is 9.98. The molecule has 198 valence electrons. The second-order valence-electron chi connectivity index (χ2n) is 10.0. The molecule has 0 spiro atoms. The highest BCUT2D eigenvalue weighted by atomic mass is 15.0. The predicted molar refractivity (Wildman–Crippen MR) is 170 cm³/mol. The van der Waals surface area contributed by atoms with Gasteiger partial charge in [0.1, 0.15) is 0 Å². The molecular formula is C38H26N4. The van der Waals surface area contributed by atoms with Crippen molar-refractivity contribution in [3.05, 3.63) is 158 Å². The average molecular weight is 539 g/mol. The molecule has 4 nitrogen and oxygen atoms in total. The Morgan fingerprint density at radius 1 is 0.286 bits per heavy atom. The van der Waals surface area contributed by atoms with Gasteiger partial charge in [0.15, 0.2) is 17.5 Å². The lowest BCUT2D eigenvalue weighted by Gasteiger charge is -2.11. The molecule has 7 rings (SSSR count). The lowest BCUT2D eigenvalue weighted by Crippen LogP contribution is -2.00. The second kappa shape index (κ2) is 11.4. The van der Waals surface area contributed by atoms with Gasteiger partial charge in [-0.2, -0.15) is 0 Å². The third kappa shape index (κ3) is 5.34. The van der Waals surface area contributed by atoms with Crippen LogP contribution >= 0.6 is 0 Å². The number of hydrogen-bond acceptors (Lipinski definition) is 4. The van der Waals surface area contributed by atoms with Gasteiger partial charge in [0, 0.05) is 34.6 Å². The van der Waals surface area contributed by atoms with Crippen LogP contribution in [-0.2, 0) is 0 Å². The van der Waals surface area contributed by atoms with E-state index in [1.165, 1.54) is 0 Å². The standard InChI is InChI=1S/C38H26N4/c1-3-11-27(12-4-1)29-15-8-19-33(24-29)37-40-36(28-13-5-2-6-14-28)41-38(42-37)34-20-9-17-31(25-34)30-16-7-18-32(23-30)35-21-10-22-39-26-35/h1-26H. The molecule has 0 saturated carbocycles. The van der Waals surface area contributed by atoms with Gasteiger partial charge in [0.2, 0.25) is 0 Å². The molecule has 0 radical (unpaired) electrons. The number of hydrogen-bond donors (Lipinski definition) is 0. The first kappa shape index (κ1) is 25.2. The first-order valence-electron chi connectivity index (χ1n) is 13.9. The van der Waals surface area contributed by atoms with E-state index in [0.29, 0.717) is 17.5 Å². The average Bonchev–Trinajstić information content (AvgIpc) is 3.09. The van der Waals surface area contributed by atoms with Crippen molar-refractivity contribution in [2.24, 2.45) is 0 Å². The minimum absolute atomic E-state index is 0.634. The Labute approximate surface area is 245 Å². The molecule has 0 atom stereocenters. The van der Waals surface area contributed by atoms with E-state index in [-0.39, 0.29) is 0 Å². The molecule has 0 unspecified atom stereocenters. The predicted octanol–water partition coefficient (Wildman–Crippen LogP) is 9.27. The van der Waals surface area contributed by atoms with Crippen molar-refractivity contribution in [1.29, 1.82) is 0 Å².